The standard InChI is InChI=1S/C33H33F2N5O4/c34-23-10-5-21(6-11-23)30(22-7-12-24(35)13-8-22)31(36)33(43)40-27-18-37-16-15-20(27)9-14-25-17-38-28(19-44-25)32(42)39-26-3-1-2-4-29(26)41/h1-8,10-13,15-16,18,25,28,30-31,38,41H,9,14,17,19,36H2,(H,39,42)(H,40,43)/t25-,28+,31+/m1/s1. The lowest BCUT2D eigenvalue weighted by Gasteiger charge is -2.30. The Kier molecular flexibility index (Phi) is 9.90. The number of nitrogens with one attached hydrogen (secondary N) is 3. The molecule has 2 amide bonds. The van der Waals surface area contributed by atoms with E-state index < -0.39 is 35.5 Å². The number of benzene rings is 3. The second-order valence-electron chi connectivity index (χ2n) is 10.6. The zero-order valence-electron chi connectivity index (χ0n) is 23.8. The second kappa shape index (κ2) is 14.2. The molecule has 9 nitrogen and oxygen atoms in total. The predicted octanol–water partition coefficient (Wildman–Crippen LogP) is 4.09. The van der Waals surface area contributed by atoms with Gasteiger partial charge >= 0.3 is 0 Å². The van der Waals surface area contributed by atoms with Gasteiger partial charge in [-0.15, -0.1) is 0 Å². The summed E-state index contributed by atoms with van der Waals surface area (Å²) in [6.07, 6.45) is 4.15. The van der Waals surface area contributed by atoms with Crippen molar-refractivity contribution in [3.05, 3.63) is 120 Å². The van der Waals surface area contributed by atoms with E-state index in [-0.39, 0.29) is 24.4 Å². The van der Waals surface area contributed by atoms with Gasteiger partial charge in [0, 0.05) is 18.7 Å². The maximum Gasteiger partial charge on any atom is 0.244 e. The molecule has 1 aliphatic rings. The van der Waals surface area contributed by atoms with E-state index in [0.717, 1.165) is 5.56 Å². The summed E-state index contributed by atoms with van der Waals surface area (Å²) >= 11 is 0. The number of pyridine rings is 1. The Morgan fingerprint density at radius 2 is 1.61 bits per heavy atom. The summed E-state index contributed by atoms with van der Waals surface area (Å²) in [5, 5.41) is 18.7. The number of nitrogens with two attached hydrogens (primary N) is 1. The topological polar surface area (TPSA) is 139 Å². The van der Waals surface area contributed by atoms with Crippen molar-refractivity contribution < 1.29 is 28.2 Å². The Balaban J connectivity index is 1.19. The van der Waals surface area contributed by atoms with Crippen LogP contribution in [0.2, 0.25) is 0 Å². The number of aromatic hydroxyl groups is 1. The highest BCUT2D eigenvalue weighted by Gasteiger charge is 2.29. The molecule has 0 bridgehead atoms. The van der Waals surface area contributed by atoms with Gasteiger partial charge in [0.15, 0.2) is 0 Å². The van der Waals surface area contributed by atoms with Gasteiger partial charge in [0.2, 0.25) is 11.8 Å². The van der Waals surface area contributed by atoms with Crippen LogP contribution in [0.25, 0.3) is 0 Å². The fourth-order valence-corrected chi connectivity index (χ4v) is 5.16. The molecule has 1 saturated heterocycles. The largest absolute Gasteiger partial charge is 0.506 e. The lowest BCUT2D eigenvalue weighted by atomic mass is 9.85. The number of ether oxygens (including phenoxy) is 1. The summed E-state index contributed by atoms with van der Waals surface area (Å²) in [5.74, 6) is -2.31. The molecule has 3 aromatic carbocycles. The van der Waals surface area contributed by atoms with Crippen LogP contribution in [0.3, 0.4) is 0 Å². The summed E-state index contributed by atoms with van der Waals surface area (Å²) in [6, 6.07) is 18.1. The quantitative estimate of drug-likeness (QED) is 0.173. The van der Waals surface area contributed by atoms with E-state index in [1.807, 2.05) is 0 Å². The van der Waals surface area contributed by atoms with Crippen molar-refractivity contribution in [1.29, 1.82) is 0 Å². The van der Waals surface area contributed by atoms with Gasteiger partial charge in [0.05, 0.1) is 36.3 Å². The second-order valence-corrected chi connectivity index (χ2v) is 10.6. The van der Waals surface area contributed by atoms with Crippen molar-refractivity contribution in [3.8, 4) is 5.75 Å². The van der Waals surface area contributed by atoms with Crippen LogP contribution < -0.4 is 21.7 Å². The average molecular weight is 602 g/mol. The third-order valence-corrected chi connectivity index (χ3v) is 7.59. The molecule has 11 heteroatoms. The lowest BCUT2D eigenvalue weighted by Crippen LogP contribution is -2.52. The van der Waals surface area contributed by atoms with E-state index in [9.17, 15) is 23.5 Å². The van der Waals surface area contributed by atoms with Crippen molar-refractivity contribution >= 4 is 23.2 Å². The van der Waals surface area contributed by atoms with Crippen molar-refractivity contribution in [1.82, 2.24) is 10.3 Å². The van der Waals surface area contributed by atoms with E-state index in [0.29, 0.717) is 41.9 Å². The monoisotopic (exact) mass is 601 g/mol. The van der Waals surface area contributed by atoms with Gasteiger partial charge in [-0.2, -0.15) is 0 Å². The molecule has 0 saturated carbocycles. The maximum atomic E-state index is 13.6. The lowest BCUT2D eigenvalue weighted by molar-refractivity contribution is -0.122. The van der Waals surface area contributed by atoms with Crippen molar-refractivity contribution in [2.45, 2.75) is 36.9 Å². The summed E-state index contributed by atoms with van der Waals surface area (Å²) in [4.78, 5) is 30.2. The molecule has 2 heterocycles. The minimum atomic E-state index is -1.08. The Morgan fingerprint density at radius 1 is 0.955 bits per heavy atom. The number of amides is 2. The molecule has 4 aromatic rings. The number of morpholine rings is 1. The van der Waals surface area contributed by atoms with Gasteiger partial charge in [-0.1, -0.05) is 36.4 Å². The summed E-state index contributed by atoms with van der Waals surface area (Å²) in [5.41, 5.74) is 9.36. The van der Waals surface area contributed by atoms with Crippen LogP contribution in [0, 0.1) is 11.6 Å². The molecule has 1 aliphatic heterocycles. The van der Waals surface area contributed by atoms with Crippen LogP contribution in [0.1, 0.15) is 29.0 Å². The van der Waals surface area contributed by atoms with Crippen LogP contribution in [-0.4, -0.2) is 53.2 Å². The van der Waals surface area contributed by atoms with Crippen LogP contribution >= 0.6 is 0 Å². The van der Waals surface area contributed by atoms with Gasteiger partial charge in [-0.3, -0.25) is 14.6 Å². The molecule has 5 rings (SSSR count). The number of carbonyl (C=O) groups excluding carboxylic acids is 2. The Bertz CT molecular complexity index is 1530. The molecule has 1 fully saturated rings. The number of phenolic OH excluding ortho intramolecular Hbond substituents is 1. The van der Waals surface area contributed by atoms with Crippen LogP contribution in [0.5, 0.6) is 5.75 Å². The first-order valence-corrected chi connectivity index (χ1v) is 14.2. The van der Waals surface area contributed by atoms with Crippen molar-refractivity contribution in [2.75, 3.05) is 23.8 Å². The first-order chi connectivity index (χ1) is 21.3. The third kappa shape index (κ3) is 7.62. The van der Waals surface area contributed by atoms with Gasteiger partial charge < -0.3 is 31.5 Å². The number of halogens is 2. The minimum Gasteiger partial charge on any atom is -0.506 e. The number of para-hydroxylation sites is 2. The van der Waals surface area contributed by atoms with Crippen molar-refractivity contribution in [3.63, 3.8) is 0 Å². The van der Waals surface area contributed by atoms with Gasteiger partial charge in [0.25, 0.3) is 0 Å². The van der Waals surface area contributed by atoms with Crippen LogP contribution in [0.15, 0.2) is 91.3 Å². The molecule has 3 atom stereocenters. The smallest absolute Gasteiger partial charge is 0.244 e. The first kappa shape index (κ1) is 30.7. The van der Waals surface area contributed by atoms with Crippen LogP contribution in [0.4, 0.5) is 20.2 Å². The first-order valence-electron chi connectivity index (χ1n) is 14.2. The fourth-order valence-electron chi connectivity index (χ4n) is 5.16. The van der Waals surface area contributed by atoms with E-state index in [1.54, 1.807) is 60.9 Å². The van der Waals surface area contributed by atoms with Crippen LogP contribution in [-0.2, 0) is 20.7 Å². The normalized spacial score (nSPS) is 17.2. The highest BCUT2D eigenvalue weighted by molar-refractivity contribution is 5.97. The molecular weight excluding hydrogens is 568 g/mol. The maximum absolute atomic E-state index is 13.6. The van der Waals surface area contributed by atoms with Gasteiger partial charge in [-0.05, 0) is 72.0 Å². The molecule has 6 N–H and O–H groups in total. The summed E-state index contributed by atoms with van der Waals surface area (Å²) in [7, 11) is 0. The zero-order valence-corrected chi connectivity index (χ0v) is 23.8. The van der Waals surface area contributed by atoms with E-state index in [4.69, 9.17) is 10.5 Å². The summed E-state index contributed by atoms with van der Waals surface area (Å²) in [6.45, 7) is 0.598. The van der Waals surface area contributed by atoms with Gasteiger partial charge in [0.1, 0.15) is 23.4 Å². The molecule has 1 aromatic heterocycles. The molecule has 0 radical (unpaired) electrons. The zero-order chi connectivity index (χ0) is 31.1. The van der Waals surface area contributed by atoms with E-state index in [2.05, 4.69) is 20.9 Å². The highest BCUT2D eigenvalue weighted by atomic mass is 19.1. The predicted molar refractivity (Wildman–Crippen MR) is 162 cm³/mol. The summed E-state index contributed by atoms with van der Waals surface area (Å²) < 4.78 is 33.2. The number of phenols is 1. The number of aromatic nitrogens is 1. The van der Waals surface area contributed by atoms with E-state index in [1.165, 1.54) is 30.3 Å². The highest BCUT2D eigenvalue weighted by Crippen LogP contribution is 2.29. The fraction of sp³-hybridized carbons (Fsp3) is 0.242. The molecule has 0 aliphatic carbocycles. The minimum absolute atomic E-state index is 0.0157. The number of nitrogens with zero attached hydrogens (tertiary/aromatic N) is 1. The number of carbonyl (C=O) groups is 2. The van der Waals surface area contributed by atoms with Gasteiger partial charge in [-0.25, -0.2) is 8.78 Å². The Hall–Kier alpha value is -4.71. The van der Waals surface area contributed by atoms with Crippen molar-refractivity contribution in [2.24, 2.45) is 5.73 Å². The Morgan fingerprint density at radius 3 is 2.23 bits per heavy atom. The number of rotatable bonds is 10. The number of hydrogen-bond acceptors (Lipinski definition) is 7. The molecule has 44 heavy (non-hydrogen) atoms. The third-order valence-electron chi connectivity index (χ3n) is 7.59. The average Bonchev–Trinajstić information content (AvgIpc) is 3.04. The number of anilines is 2. The number of aryl methyl sites for hydroxylation is 1. The Labute approximate surface area is 253 Å². The molecular formula is C33H33F2N5O4. The SMILES string of the molecule is N[C@H](C(=O)Nc1cnccc1CC[C@@H]1CN[C@H](C(=O)Nc2ccccc2O)CO1)C(c1ccc(F)cc1)c1ccc(F)cc1. The number of hydrogen-bond donors (Lipinski definition) is 5. The molecule has 0 unspecified atom stereocenters. The molecule has 228 valence electrons. The molecule has 0 spiro atoms. The van der Waals surface area contributed by atoms with E-state index >= 15 is 0 Å².